The van der Waals surface area contributed by atoms with Gasteiger partial charge >= 0.3 is 5.97 Å². The van der Waals surface area contributed by atoms with E-state index >= 15 is 0 Å². The van der Waals surface area contributed by atoms with Crippen LogP contribution in [0.25, 0.3) is 22.3 Å². The van der Waals surface area contributed by atoms with E-state index in [4.69, 9.17) is 28.1 Å². The lowest BCUT2D eigenvalue weighted by molar-refractivity contribution is -0.349. The van der Waals surface area contributed by atoms with Crippen LogP contribution in [0, 0.1) is 0 Å². The summed E-state index contributed by atoms with van der Waals surface area (Å²) in [6, 6.07) is 7.40. The summed E-state index contributed by atoms with van der Waals surface area (Å²) < 4.78 is 33.3. The number of phenols is 3. The lowest BCUT2D eigenvalue weighted by Crippen LogP contribution is -2.64. The van der Waals surface area contributed by atoms with Gasteiger partial charge in [0.1, 0.15) is 77.6 Å². The summed E-state index contributed by atoms with van der Waals surface area (Å²) in [7, 11) is 0. The summed E-state index contributed by atoms with van der Waals surface area (Å²) >= 11 is 0. The molecule has 8 N–H and O–H groups in total. The van der Waals surface area contributed by atoms with Crippen LogP contribution in [-0.4, -0.2) is 115 Å². The highest BCUT2D eigenvalue weighted by molar-refractivity contribution is 5.88. The molecule has 16 heteroatoms. The smallest absolute Gasteiger partial charge is 0.302 e. The molecular weight excluding hydrogens is 604 g/mol. The van der Waals surface area contributed by atoms with E-state index in [1.165, 1.54) is 31.2 Å². The van der Waals surface area contributed by atoms with Crippen molar-refractivity contribution in [1.82, 2.24) is 0 Å². The monoisotopic (exact) mass is 636 g/mol. The van der Waals surface area contributed by atoms with Gasteiger partial charge in [-0.2, -0.15) is 0 Å². The Balaban J connectivity index is 1.41. The highest BCUT2D eigenvalue weighted by Crippen LogP contribution is 2.38. The fraction of sp³-hybridized carbons (Fsp3) is 0.448. The Labute approximate surface area is 253 Å². The van der Waals surface area contributed by atoms with Gasteiger partial charge < -0.3 is 69.0 Å². The second-order valence-corrected chi connectivity index (χ2v) is 10.7. The Morgan fingerprint density at radius 1 is 0.844 bits per heavy atom. The van der Waals surface area contributed by atoms with E-state index in [2.05, 4.69) is 0 Å². The number of aliphatic hydroxyl groups is 5. The van der Waals surface area contributed by atoms with Crippen LogP contribution in [0.15, 0.2) is 45.6 Å². The molecule has 2 aliphatic rings. The number of esters is 1. The van der Waals surface area contributed by atoms with Crippen LogP contribution in [0.1, 0.15) is 13.8 Å². The van der Waals surface area contributed by atoms with E-state index in [0.717, 1.165) is 19.1 Å². The van der Waals surface area contributed by atoms with Gasteiger partial charge in [-0.1, -0.05) is 0 Å². The summed E-state index contributed by atoms with van der Waals surface area (Å²) in [6.45, 7) is 2.05. The van der Waals surface area contributed by atoms with Gasteiger partial charge in [-0.05, 0) is 31.2 Å². The Hall–Kier alpha value is -4.00. The molecule has 3 heterocycles. The van der Waals surface area contributed by atoms with Crippen molar-refractivity contribution < 1.29 is 73.7 Å². The molecule has 2 aromatic carbocycles. The first-order valence-electron chi connectivity index (χ1n) is 13.8. The molecule has 2 aliphatic heterocycles. The molecule has 0 saturated carbocycles. The van der Waals surface area contributed by atoms with E-state index in [1.54, 1.807) is 0 Å². The molecule has 16 nitrogen and oxygen atoms in total. The first-order valence-corrected chi connectivity index (χ1v) is 13.8. The first kappa shape index (κ1) is 32.4. The number of phenolic OH excluding ortho intramolecular Hbond substituents is 3. The van der Waals surface area contributed by atoms with Gasteiger partial charge in [0.2, 0.25) is 17.5 Å². The molecule has 2 saturated heterocycles. The van der Waals surface area contributed by atoms with Gasteiger partial charge in [-0.3, -0.25) is 9.59 Å². The van der Waals surface area contributed by atoms with Crippen LogP contribution in [0.5, 0.6) is 23.0 Å². The lowest BCUT2D eigenvalue weighted by atomic mass is 9.97. The molecule has 0 amide bonds. The summed E-state index contributed by atoms with van der Waals surface area (Å²) in [5, 5.41) is 82.6. The van der Waals surface area contributed by atoms with Crippen LogP contribution in [0.4, 0.5) is 0 Å². The molecule has 10 atom stereocenters. The number of aromatic hydroxyl groups is 3. The number of carbonyl (C=O) groups excluding carboxylic acids is 1. The second-order valence-electron chi connectivity index (χ2n) is 10.7. The molecule has 1 aromatic heterocycles. The fourth-order valence-corrected chi connectivity index (χ4v) is 5.11. The van der Waals surface area contributed by atoms with Gasteiger partial charge in [0.05, 0.1) is 6.10 Å². The Kier molecular flexibility index (Phi) is 9.20. The van der Waals surface area contributed by atoms with E-state index in [0.29, 0.717) is 0 Å². The molecule has 5 rings (SSSR count). The molecule has 45 heavy (non-hydrogen) atoms. The van der Waals surface area contributed by atoms with Crippen LogP contribution in [-0.2, 0) is 23.7 Å². The minimum Gasteiger partial charge on any atom is -0.508 e. The average molecular weight is 637 g/mol. The zero-order valence-corrected chi connectivity index (χ0v) is 23.8. The van der Waals surface area contributed by atoms with E-state index in [9.17, 15) is 50.4 Å². The predicted octanol–water partition coefficient (Wildman–Crippen LogP) is -0.822. The van der Waals surface area contributed by atoms with Crippen molar-refractivity contribution in [3.05, 3.63) is 46.6 Å². The number of carbonyl (C=O) groups is 1. The third kappa shape index (κ3) is 6.40. The van der Waals surface area contributed by atoms with Gasteiger partial charge in [0.15, 0.2) is 12.1 Å². The maximum Gasteiger partial charge on any atom is 0.302 e. The number of aliphatic hydroxyl groups excluding tert-OH is 5. The van der Waals surface area contributed by atoms with Crippen molar-refractivity contribution >= 4 is 16.9 Å². The number of rotatable bonds is 7. The molecule has 0 aliphatic carbocycles. The summed E-state index contributed by atoms with van der Waals surface area (Å²) in [4.78, 5) is 24.8. The van der Waals surface area contributed by atoms with Gasteiger partial charge in [0.25, 0.3) is 0 Å². The molecule has 0 radical (unpaired) electrons. The zero-order chi connectivity index (χ0) is 32.7. The normalized spacial score (nSPS) is 31.9. The van der Waals surface area contributed by atoms with Crippen molar-refractivity contribution in [1.29, 1.82) is 0 Å². The predicted molar refractivity (Wildman–Crippen MR) is 148 cm³/mol. The van der Waals surface area contributed by atoms with E-state index in [-0.39, 0.29) is 28.0 Å². The zero-order valence-electron chi connectivity index (χ0n) is 23.8. The van der Waals surface area contributed by atoms with Gasteiger partial charge in [-0.25, -0.2) is 0 Å². The highest BCUT2D eigenvalue weighted by atomic mass is 16.7. The standard InChI is InChI=1S/C29H32O16/c1-10-25(44-29-23(38)21(36)19(34)17(43-29)9-40-11(2)30)22(37)24(39)28(41-10)45-27-20(35)18-15(33)7-14(32)8-16(18)42-26(27)12-3-5-13(31)6-4-12/h3-8,10,17,19,21-25,28-29,31-34,36-39H,9H2,1-2H3/t10-,17+,19+,21-,22+,23+,24-,25-,28+,29-/m0/s1. The number of fused-ring (bicyclic) bond motifs is 1. The maximum atomic E-state index is 13.6. The average Bonchev–Trinajstić information content (AvgIpc) is 2.98. The lowest BCUT2D eigenvalue weighted by Gasteiger charge is -2.45. The van der Waals surface area contributed by atoms with Crippen LogP contribution < -0.4 is 10.2 Å². The molecule has 2 fully saturated rings. The quantitative estimate of drug-likeness (QED) is 0.147. The SMILES string of the molecule is CC(=O)OC[C@H]1O[C@@H](O[C@@H]2[C@H](O)[C@H](O)[C@@H](Oc3c(-c4ccc(O)cc4)oc4cc(O)cc(O)c4c3=O)O[C@H]2C)[C@H](O)[C@@H](O)[C@@H]1O. The number of ether oxygens (including phenoxy) is 5. The van der Waals surface area contributed by atoms with Crippen molar-refractivity contribution in [2.45, 2.75) is 75.3 Å². The highest BCUT2D eigenvalue weighted by Gasteiger charge is 2.50. The largest absolute Gasteiger partial charge is 0.508 e. The molecule has 0 unspecified atom stereocenters. The molecular formula is C29H32O16. The van der Waals surface area contributed by atoms with E-state index in [1.807, 2.05) is 0 Å². The first-order chi connectivity index (χ1) is 21.3. The topological polar surface area (TPSA) is 255 Å². The molecule has 3 aromatic rings. The molecule has 0 spiro atoms. The van der Waals surface area contributed by atoms with Crippen LogP contribution in [0.3, 0.4) is 0 Å². The Morgan fingerprint density at radius 3 is 2.18 bits per heavy atom. The van der Waals surface area contributed by atoms with Crippen molar-refractivity contribution in [3.8, 4) is 34.3 Å². The minimum absolute atomic E-state index is 0.0968. The van der Waals surface area contributed by atoms with Gasteiger partial charge in [-0.15, -0.1) is 0 Å². The summed E-state index contributed by atoms with van der Waals surface area (Å²) in [5.41, 5.74) is -0.902. The second kappa shape index (κ2) is 12.8. The van der Waals surface area contributed by atoms with E-state index < -0.39 is 96.7 Å². The summed E-state index contributed by atoms with van der Waals surface area (Å²) in [5.74, 6) is -2.58. The Bertz CT molecular complexity index is 1590. The maximum absolute atomic E-state index is 13.6. The van der Waals surface area contributed by atoms with Crippen molar-refractivity contribution in [2.75, 3.05) is 6.61 Å². The number of hydrogen-bond acceptors (Lipinski definition) is 16. The molecule has 244 valence electrons. The third-order valence-electron chi connectivity index (χ3n) is 7.47. The molecule has 0 bridgehead atoms. The Morgan fingerprint density at radius 2 is 1.51 bits per heavy atom. The minimum atomic E-state index is -1.91. The van der Waals surface area contributed by atoms with Crippen LogP contribution >= 0.6 is 0 Å². The van der Waals surface area contributed by atoms with Gasteiger partial charge in [0, 0.05) is 24.6 Å². The van der Waals surface area contributed by atoms with Crippen LogP contribution in [0.2, 0.25) is 0 Å². The fourth-order valence-electron chi connectivity index (χ4n) is 5.11. The van der Waals surface area contributed by atoms with Crippen molar-refractivity contribution in [3.63, 3.8) is 0 Å². The number of benzene rings is 2. The third-order valence-corrected chi connectivity index (χ3v) is 7.47. The summed E-state index contributed by atoms with van der Waals surface area (Å²) in [6.07, 6.45) is -16.2. The number of hydrogen-bond donors (Lipinski definition) is 8. The van der Waals surface area contributed by atoms with Crippen molar-refractivity contribution in [2.24, 2.45) is 0 Å².